The summed E-state index contributed by atoms with van der Waals surface area (Å²) in [5.74, 6) is 0. The molecule has 0 aliphatic heterocycles. The predicted octanol–water partition coefficient (Wildman–Crippen LogP) is 12.7. The maximum absolute atomic E-state index is 2.38. The Hall–Kier alpha value is -6.38. The normalized spacial score (nSPS) is 11.3. The summed E-state index contributed by atoms with van der Waals surface area (Å²) < 4.78 is 2.38. The minimum atomic E-state index is 1.11. The number of aromatic nitrogens is 1. The molecule has 0 aliphatic carbocycles. The quantitative estimate of drug-likeness (QED) is 0.181. The van der Waals surface area contributed by atoms with Crippen LogP contribution in [-0.4, -0.2) is 4.57 Å². The van der Waals surface area contributed by atoms with E-state index >= 15 is 0 Å². The topological polar surface area (TPSA) is 8.17 Å². The Morgan fingerprint density at radius 1 is 0.354 bits per heavy atom. The van der Waals surface area contributed by atoms with E-state index in [0.717, 1.165) is 22.7 Å². The van der Waals surface area contributed by atoms with Gasteiger partial charge in [-0.1, -0.05) is 133 Å². The number of anilines is 3. The molecule has 0 bridgehead atoms. The summed E-state index contributed by atoms with van der Waals surface area (Å²) in [5.41, 5.74) is 11.8. The average Bonchev–Trinajstić information content (AvgIpc) is 3.51. The first kappa shape index (κ1) is 27.9. The first-order valence-electron chi connectivity index (χ1n) is 16.4. The van der Waals surface area contributed by atoms with Gasteiger partial charge in [0.25, 0.3) is 0 Å². The highest BCUT2D eigenvalue weighted by molar-refractivity contribution is 6.16. The van der Waals surface area contributed by atoms with Crippen LogP contribution in [-0.2, 0) is 0 Å². The molecule has 0 spiro atoms. The zero-order valence-electron chi connectivity index (χ0n) is 26.4. The van der Waals surface area contributed by atoms with Gasteiger partial charge in [0.05, 0.1) is 11.0 Å². The molecule has 0 atom stereocenters. The number of rotatable bonds is 6. The molecule has 0 unspecified atom stereocenters. The fourth-order valence-electron chi connectivity index (χ4n) is 7.22. The first-order valence-corrected chi connectivity index (χ1v) is 16.4. The largest absolute Gasteiger partial charge is 0.310 e. The van der Waals surface area contributed by atoms with Gasteiger partial charge in [-0.2, -0.15) is 0 Å². The molecular formula is C46H32N2. The SMILES string of the molecule is c1ccc(N(c2ccc(-c3cccc4ccccc34)cc2)c2cccc(-c3cccc4c3c3ccccc3n4-c3ccccc3)c2)cc1. The van der Waals surface area contributed by atoms with Crippen molar-refractivity contribution in [1.29, 1.82) is 0 Å². The van der Waals surface area contributed by atoms with E-state index in [9.17, 15) is 0 Å². The minimum Gasteiger partial charge on any atom is -0.310 e. The zero-order valence-corrected chi connectivity index (χ0v) is 26.4. The van der Waals surface area contributed by atoms with Crippen molar-refractivity contribution in [2.45, 2.75) is 0 Å². The van der Waals surface area contributed by atoms with E-state index in [1.807, 2.05) is 0 Å². The van der Waals surface area contributed by atoms with Gasteiger partial charge < -0.3 is 9.47 Å². The third kappa shape index (κ3) is 4.74. The molecule has 1 heterocycles. The number of fused-ring (bicyclic) bond motifs is 4. The molecular weight excluding hydrogens is 581 g/mol. The first-order chi connectivity index (χ1) is 23.8. The highest BCUT2D eigenvalue weighted by Gasteiger charge is 2.18. The van der Waals surface area contributed by atoms with Crippen LogP contribution in [0.25, 0.3) is 60.5 Å². The summed E-state index contributed by atoms with van der Waals surface area (Å²) in [6.45, 7) is 0. The van der Waals surface area contributed by atoms with Crippen molar-refractivity contribution in [1.82, 2.24) is 4.57 Å². The van der Waals surface area contributed by atoms with Crippen molar-refractivity contribution in [3.8, 4) is 27.9 Å². The van der Waals surface area contributed by atoms with Crippen molar-refractivity contribution in [2.75, 3.05) is 4.90 Å². The molecule has 48 heavy (non-hydrogen) atoms. The lowest BCUT2D eigenvalue weighted by molar-refractivity contribution is 1.18. The van der Waals surface area contributed by atoms with Crippen LogP contribution < -0.4 is 4.90 Å². The molecule has 2 nitrogen and oxygen atoms in total. The second-order valence-corrected chi connectivity index (χ2v) is 12.2. The summed E-state index contributed by atoms with van der Waals surface area (Å²) in [5, 5.41) is 5.04. The highest BCUT2D eigenvalue weighted by Crippen LogP contribution is 2.42. The molecule has 0 aliphatic rings. The average molecular weight is 613 g/mol. The van der Waals surface area contributed by atoms with Gasteiger partial charge in [-0.3, -0.25) is 0 Å². The lowest BCUT2D eigenvalue weighted by Crippen LogP contribution is -2.09. The van der Waals surface area contributed by atoms with E-state index in [-0.39, 0.29) is 0 Å². The molecule has 2 heteroatoms. The Bertz CT molecular complexity index is 2540. The molecule has 0 N–H and O–H groups in total. The van der Waals surface area contributed by atoms with Gasteiger partial charge in [0.1, 0.15) is 0 Å². The molecule has 0 amide bonds. The summed E-state index contributed by atoms with van der Waals surface area (Å²) in [7, 11) is 0. The molecule has 0 fully saturated rings. The van der Waals surface area contributed by atoms with Gasteiger partial charge in [-0.15, -0.1) is 0 Å². The number of hydrogen-bond acceptors (Lipinski definition) is 1. The van der Waals surface area contributed by atoms with Crippen molar-refractivity contribution < 1.29 is 0 Å². The third-order valence-electron chi connectivity index (χ3n) is 9.37. The van der Waals surface area contributed by atoms with Crippen LogP contribution in [0.15, 0.2) is 194 Å². The number of hydrogen-bond donors (Lipinski definition) is 0. The van der Waals surface area contributed by atoms with E-state index < -0.39 is 0 Å². The van der Waals surface area contributed by atoms with Gasteiger partial charge in [0.15, 0.2) is 0 Å². The van der Waals surface area contributed by atoms with Crippen LogP contribution in [0.1, 0.15) is 0 Å². The third-order valence-corrected chi connectivity index (χ3v) is 9.37. The van der Waals surface area contributed by atoms with E-state index in [1.54, 1.807) is 0 Å². The monoisotopic (exact) mass is 612 g/mol. The summed E-state index contributed by atoms with van der Waals surface area (Å²) in [6.07, 6.45) is 0. The molecule has 1 aromatic heterocycles. The smallest absolute Gasteiger partial charge is 0.0547 e. The van der Waals surface area contributed by atoms with Crippen molar-refractivity contribution in [3.63, 3.8) is 0 Å². The van der Waals surface area contributed by atoms with Crippen molar-refractivity contribution >= 4 is 49.6 Å². The Morgan fingerprint density at radius 3 is 1.77 bits per heavy atom. The second kappa shape index (κ2) is 11.8. The lowest BCUT2D eigenvalue weighted by Gasteiger charge is -2.26. The Balaban J connectivity index is 1.18. The van der Waals surface area contributed by atoms with Crippen LogP contribution in [0.5, 0.6) is 0 Å². The Kier molecular flexibility index (Phi) is 6.84. The Morgan fingerprint density at radius 2 is 0.938 bits per heavy atom. The van der Waals surface area contributed by atoms with Crippen LogP contribution in [0, 0.1) is 0 Å². The maximum atomic E-state index is 2.38. The van der Waals surface area contributed by atoms with Gasteiger partial charge in [0.2, 0.25) is 0 Å². The zero-order chi connectivity index (χ0) is 31.9. The Labute approximate surface area is 280 Å². The number of nitrogens with zero attached hydrogens (tertiary/aromatic N) is 2. The highest BCUT2D eigenvalue weighted by atomic mass is 15.1. The molecule has 226 valence electrons. The van der Waals surface area contributed by atoms with E-state index in [4.69, 9.17) is 0 Å². The summed E-state index contributed by atoms with van der Waals surface area (Å²) in [4.78, 5) is 2.35. The molecule has 0 radical (unpaired) electrons. The number of benzene rings is 8. The second-order valence-electron chi connectivity index (χ2n) is 12.2. The fourth-order valence-corrected chi connectivity index (χ4v) is 7.22. The maximum Gasteiger partial charge on any atom is 0.0547 e. The number of para-hydroxylation sites is 3. The molecule has 0 saturated heterocycles. The minimum absolute atomic E-state index is 1.11. The van der Waals surface area contributed by atoms with Crippen LogP contribution in [0.2, 0.25) is 0 Å². The van der Waals surface area contributed by atoms with Gasteiger partial charge in [-0.25, -0.2) is 0 Å². The van der Waals surface area contributed by atoms with E-state index in [0.29, 0.717) is 0 Å². The van der Waals surface area contributed by atoms with Crippen molar-refractivity contribution in [2.24, 2.45) is 0 Å². The van der Waals surface area contributed by atoms with Gasteiger partial charge in [-0.05, 0) is 93.7 Å². The predicted molar refractivity (Wildman–Crippen MR) is 204 cm³/mol. The standard InChI is InChI=1S/C46H32N2/c1-3-17-36(18-4-1)47(38-30-28-34(29-31-38)41-24-12-15-33-14-7-8-22-40(33)41)39-21-11-16-35(32-39)42-25-13-27-45-46(42)43-23-9-10-26-44(43)48(45)37-19-5-2-6-20-37/h1-32H. The van der Waals surface area contributed by atoms with Crippen LogP contribution >= 0.6 is 0 Å². The molecule has 8 aromatic carbocycles. The summed E-state index contributed by atoms with van der Waals surface area (Å²) in [6, 6.07) is 69.8. The van der Waals surface area contributed by atoms with E-state index in [2.05, 4.69) is 204 Å². The van der Waals surface area contributed by atoms with Crippen LogP contribution in [0.4, 0.5) is 17.1 Å². The van der Waals surface area contributed by atoms with Gasteiger partial charge >= 0.3 is 0 Å². The van der Waals surface area contributed by atoms with Crippen LogP contribution in [0.3, 0.4) is 0 Å². The van der Waals surface area contributed by atoms with Crippen molar-refractivity contribution in [3.05, 3.63) is 194 Å². The molecule has 0 saturated carbocycles. The fraction of sp³-hybridized carbons (Fsp3) is 0. The summed E-state index contributed by atoms with van der Waals surface area (Å²) >= 11 is 0. The molecule has 9 rings (SSSR count). The van der Waals surface area contributed by atoms with E-state index in [1.165, 1.54) is 54.8 Å². The van der Waals surface area contributed by atoms with Gasteiger partial charge in [0, 0.05) is 33.5 Å². The lowest BCUT2D eigenvalue weighted by atomic mass is 9.97. The molecule has 9 aromatic rings.